The molecule has 0 saturated heterocycles. The molecule has 0 fully saturated rings. The Morgan fingerprint density at radius 2 is 1.91 bits per heavy atom. The average Bonchev–Trinajstić information content (AvgIpc) is 2.75. The largest absolute Gasteiger partial charge is 0.492 e. The number of nitrogens with zero attached hydrogens (tertiary/aromatic N) is 1. The Balaban J connectivity index is 1.71. The average molecular weight is 313 g/mol. The molecule has 0 spiro atoms. The number of para-hydroxylation sites is 2. The third kappa shape index (κ3) is 3.63. The van der Waals surface area contributed by atoms with E-state index in [4.69, 9.17) is 9.47 Å². The lowest BCUT2D eigenvalue weighted by atomic mass is 10.0. The van der Waals surface area contributed by atoms with Crippen LogP contribution in [-0.2, 0) is 4.79 Å². The zero-order valence-electron chi connectivity index (χ0n) is 12.7. The SMILES string of the molecule is O=C(O)C1c2ccccc2OCCN1CCOc1ccccc1. The predicted octanol–water partition coefficient (Wildman–Crippen LogP) is 2.59. The summed E-state index contributed by atoms with van der Waals surface area (Å²) in [5, 5.41) is 9.66. The molecule has 0 amide bonds. The van der Waals surface area contributed by atoms with E-state index in [-0.39, 0.29) is 0 Å². The molecule has 0 aromatic heterocycles. The fourth-order valence-electron chi connectivity index (χ4n) is 2.76. The molecule has 2 aromatic rings. The molecule has 1 N–H and O–H groups in total. The van der Waals surface area contributed by atoms with Gasteiger partial charge in [0, 0.05) is 18.7 Å². The van der Waals surface area contributed by atoms with Crippen LogP contribution in [-0.4, -0.2) is 42.3 Å². The van der Waals surface area contributed by atoms with Gasteiger partial charge in [0.05, 0.1) is 0 Å². The summed E-state index contributed by atoms with van der Waals surface area (Å²) < 4.78 is 11.4. The highest BCUT2D eigenvalue weighted by atomic mass is 16.5. The molecule has 1 heterocycles. The molecule has 0 bridgehead atoms. The van der Waals surface area contributed by atoms with Crippen LogP contribution >= 0.6 is 0 Å². The maximum Gasteiger partial charge on any atom is 0.325 e. The van der Waals surface area contributed by atoms with E-state index in [0.29, 0.717) is 37.6 Å². The van der Waals surface area contributed by atoms with Crippen molar-refractivity contribution in [2.75, 3.05) is 26.3 Å². The number of carboxylic acid groups (broad SMARTS) is 1. The number of hydrogen-bond acceptors (Lipinski definition) is 4. The lowest BCUT2D eigenvalue weighted by molar-refractivity contribution is -0.143. The molecule has 3 rings (SSSR count). The second-order valence-electron chi connectivity index (χ2n) is 5.32. The lowest BCUT2D eigenvalue weighted by Crippen LogP contribution is -2.37. The molecule has 0 aliphatic carbocycles. The lowest BCUT2D eigenvalue weighted by Gasteiger charge is -2.26. The summed E-state index contributed by atoms with van der Waals surface area (Å²) in [6.45, 7) is 1.95. The molecule has 1 aliphatic rings. The highest BCUT2D eigenvalue weighted by molar-refractivity contribution is 5.76. The standard InChI is InChI=1S/C18H19NO4/c20-18(21)17-15-8-4-5-9-16(15)23-13-11-19(17)10-12-22-14-6-2-1-3-7-14/h1-9,17H,10-13H2,(H,20,21). The number of benzene rings is 2. The van der Waals surface area contributed by atoms with Crippen LogP contribution in [0.2, 0.25) is 0 Å². The third-order valence-electron chi connectivity index (χ3n) is 3.84. The number of ether oxygens (including phenoxy) is 2. The Hall–Kier alpha value is -2.53. The maximum atomic E-state index is 11.8. The summed E-state index contributed by atoms with van der Waals surface area (Å²) in [5.74, 6) is 0.555. The highest BCUT2D eigenvalue weighted by Gasteiger charge is 2.31. The van der Waals surface area contributed by atoms with Gasteiger partial charge in [-0.2, -0.15) is 0 Å². The topological polar surface area (TPSA) is 59.0 Å². The van der Waals surface area contributed by atoms with Crippen molar-refractivity contribution < 1.29 is 19.4 Å². The van der Waals surface area contributed by atoms with E-state index in [1.165, 1.54) is 0 Å². The van der Waals surface area contributed by atoms with Gasteiger partial charge in [0.2, 0.25) is 0 Å². The number of rotatable bonds is 5. The molecular weight excluding hydrogens is 294 g/mol. The van der Waals surface area contributed by atoms with E-state index < -0.39 is 12.0 Å². The summed E-state index contributed by atoms with van der Waals surface area (Å²) in [6.07, 6.45) is 0. The van der Waals surface area contributed by atoms with Crippen LogP contribution in [0.15, 0.2) is 54.6 Å². The van der Waals surface area contributed by atoms with Gasteiger partial charge in [-0.05, 0) is 18.2 Å². The molecular formula is C18H19NO4. The fraction of sp³-hybridized carbons (Fsp3) is 0.278. The first-order chi connectivity index (χ1) is 11.3. The van der Waals surface area contributed by atoms with Crippen LogP contribution in [0.3, 0.4) is 0 Å². The molecule has 0 saturated carbocycles. The van der Waals surface area contributed by atoms with Gasteiger partial charge in [0.1, 0.15) is 30.8 Å². The number of fused-ring (bicyclic) bond motifs is 1. The smallest absolute Gasteiger partial charge is 0.325 e. The Labute approximate surface area is 135 Å². The van der Waals surface area contributed by atoms with E-state index in [9.17, 15) is 9.90 Å². The van der Waals surface area contributed by atoms with Crippen LogP contribution in [0.1, 0.15) is 11.6 Å². The van der Waals surface area contributed by atoms with Crippen LogP contribution in [0.5, 0.6) is 11.5 Å². The van der Waals surface area contributed by atoms with Crippen molar-refractivity contribution in [2.24, 2.45) is 0 Å². The van der Waals surface area contributed by atoms with E-state index in [2.05, 4.69) is 0 Å². The van der Waals surface area contributed by atoms with Crippen molar-refractivity contribution in [1.82, 2.24) is 4.90 Å². The maximum absolute atomic E-state index is 11.8. The molecule has 5 nitrogen and oxygen atoms in total. The summed E-state index contributed by atoms with van der Waals surface area (Å²) in [6, 6.07) is 16.1. The Morgan fingerprint density at radius 3 is 2.70 bits per heavy atom. The minimum Gasteiger partial charge on any atom is -0.492 e. The number of carbonyl (C=O) groups is 1. The number of hydrogen-bond donors (Lipinski definition) is 1. The minimum absolute atomic E-state index is 0.427. The second kappa shape index (κ2) is 7.15. The molecule has 23 heavy (non-hydrogen) atoms. The van der Waals surface area contributed by atoms with E-state index >= 15 is 0 Å². The Kier molecular flexibility index (Phi) is 4.78. The second-order valence-corrected chi connectivity index (χ2v) is 5.32. The van der Waals surface area contributed by atoms with Crippen molar-refractivity contribution >= 4 is 5.97 Å². The first-order valence-corrected chi connectivity index (χ1v) is 7.62. The number of aliphatic carboxylic acids is 1. The third-order valence-corrected chi connectivity index (χ3v) is 3.84. The number of carboxylic acids is 1. The van der Waals surface area contributed by atoms with Crippen LogP contribution in [0, 0.1) is 0 Å². The zero-order chi connectivity index (χ0) is 16.1. The van der Waals surface area contributed by atoms with E-state index in [1.54, 1.807) is 0 Å². The van der Waals surface area contributed by atoms with Crippen molar-refractivity contribution in [3.05, 3.63) is 60.2 Å². The van der Waals surface area contributed by atoms with Crippen molar-refractivity contribution in [1.29, 1.82) is 0 Å². The van der Waals surface area contributed by atoms with Gasteiger partial charge in [0.25, 0.3) is 0 Å². The van der Waals surface area contributed by atoms with Gasteiger partial charge < -0.3 is 14.6 Å². The first kappa shape index (κ1) is 15.4. The molecule has 120 valence electrons. The zero-order valence-corrected chi connectivity index (χ0v) is 12.7. The first-order valence-electron chi connectivity index (χ1n) is 7.62. The summed E-state index contributed by atoms with van der Waals surface area (Å²) >= 11 is 0. The van der Waals surface area contributed by atoms with E-state index in [0.717, 1.165) is 5.75 Å². The molecule has 1 unspecified atom stereocenters. The van der Waals surface area contributed by atoms with Gasteiger partial charge in [-0.15, -0.1) is 0 Å². The van der Waals surface area contributed by atoms with Gasteiger partial charge >= 0.3 is 5.97 Å². The van der Waals surface area contributed by atoms with Crippen molar-refractivity contribution in [2.45, 2.75) is 6.04 Å². The minimum atomic E-state index is -0.873. The Bertz CT molecular complexity index is 659. The monoisotopic (exact) mass is 313 g/mol. The summed E-state index contributed by atoms with van der Waals surface area (Å²) in [4.78, 5) is 13.7. The molecule has 1 aliphatic heterocycles. The summed E-state index contributed by atoms with van der Waals surface area (Å²) in [5.41, 5.74) is 0.692. The molecule has 1 atom stereocenters. The van der Waals surface area contributed by atoms with Gasteiger partial charge in [-0.3, -0.25) is 9.69 Å². The summed E-state index contributed by atoms with van der Waals surface area (Å²) in [7, 11) is 0. The van der Waals surface area contributed by atoms with Gasteiger partial charge in [-0.25, -0.2) is 0 Å². The Morgan fingerprint density at radius 1 is 1.17 bits per heavy atom. The van der Waals surface area contributed by atoms with Gasteiger partial charge in [-0.1, -0.05) is 36.4 Å². The fourth-order valence-corrected chi connectivity index (χ4v) is 2.76. The highest BCUT2D eigenvalue weighted by Crippen LogP contribution is 2.31. The molecule has 0 radical (unpaired) electrons. The normalized spacial score (nSPS) is 17.7. The molecule has 5 heteroatoms. The van der Waals surface area contributed by atoms with Gasteiger partial charge in [0.15, 0.2) is 0 Å². The van der Waals surface area contributed by atoms with Crippen LogP contribution < -0.4 is 9.47 Å². The van der Waals surface area contributed by atoms with Crippen LogP contribution in [0.4, 0.5) is 0 Å². The quantitative estimate of drug-likeness (QED) is 0.919. The predicted molar refractivity (Wildman–Crippen MR) is 85.8 cm³/mol. The van der Waals surface area contributed by atoms with Crippen molar-refractivity contribution in [3.8, 4) is 11.5 Å². The van der Waals surface area contributed by atoms with Crippen molar-refractivity contribution in [3.63, 3.8) is 0 Å². The molecule has 2 aromatic carbocycles. The van der Waals surface area contributed by atoms with E-state index in [1.807, 2.05) is 59.5 Å². The van der Waals surface area contributed by atoms with Crippen LogP contribution in [0.25, 0.3) is 0 Å².